The zero-order chi connectivity index (χ0) is 49.1. The van der Waals surface area contributed by atoms with Gasteiger partial charge in [-0.15, -0.1) is 0 Å². The Bertz CT molecular complexity index is 3410. The average Bonchev–Trinajstić information content (AvgIpc) is 4.07. The highest BCUT2D eigenvalue weighted by Gasteiger charge is 2.30. The van der Waals surface area contributed by atoms with Crippen molar-refractivity contribution in [3.63, 3.8) is 0 Å². The van der Waals surface area contributed by atoms with E-state index in [1.807, 2.05) is 66.7 Å². The fourth-order valence-corrected chi connectivity index (χ4v) is 9.32. The molecule has 0 aliphatic heterocycles. The molecular formula is C58H54FN5O6. The Balaban J connectivity index is 0.000000179. The summed E-state index contributed by atoms with van der Waals surface area (Å²) in [6, 6.07) is 42.0. The summed E-state index contributed by atoms with van der Waals surface area (Å²) >= 11 is 0. The average molecular weight is 936 g/mol. The number of carbonyl (C=O) groups is 2. The molecule has 12 heteroatoms. The van der Waals surface area contributed by atoms with E-state index >= 15 is 0 Å². The third-order valence-electron chi connectivity index (χ3n) is 12.9. The molecule has 11 nitrogen and oxygen atoms in total. The van der Waals surface area contributed by atoms with Crippen LogP contribution in [0.3, 0.4) is 0 Å². The normalized spacial score (nSPS) is 13.5. The summed E-state index contributed by atoms with van der Waals surface area (Å²) in [4.78, 5) is 37.3. The van der Waals surface area contributed by atoms with Crippen molar-refractivity contribution in [3.8, 4) is 33.6 Å². The molecule has 0 amide bonds. The van der Waals surface area contributed by atoms with Gasteiger partial charge in [-0.3, -0.25) is 9.78 Å². The molecule has 1 saturated carbocycles. The number of carboxylic acid groups (broad SMARTS) is 2. The van der Waals surface area contributed by atoms with Gasteiger partial charge in [0.25, 0.3) is 0 Å². The number of fused-ring (bicyclic) bond motifs is 3. The summed E-state index contributed by atoms with van der Waals surface area (Å²) in [6.45, 7) is 4.98. The van der Waals surface area contributed by atoms with Crippen LogP contribution in [0, 0.1) is 12.7 Å². The first kappa shape index (κ1) is 47.3. The zero-order valence-electron chi connectivity index (χ0n) is 39.3. The van der Waals surface area contributed by atoms with Crippen molar-refractivity contribution in [2.75, 3.05) is 0 Å². The van der Waals surface area contributed by atoms with Gasteiger partial charge in [-0.2, -0.15) is 0 Å². The molecule has 0 radical (unpaired) electrons. The predicted octanol–water partition coefficient (Wildman–Crippen LogP) is 11.8. The molecular weight excluding hydrogens is 882 g/mol. The van der Waals surface area contributed by atoms with Gasteiger partial charge in [0.2, 0.25) is 0 Å². The van der Waals surface area contributed by atoms with Crippen LogP contribution in [-0.4, -0.2) is 68.7 Å². The third kappa shape index (κ3) is 10.1. The number of para-hydroxylation sites is 3. The molecule has 3 aromatic heterocycles. The summed E-state index contributed by atoms with van der Waals surface area (Å²) in [5.41, 5.74) is 13.9. The number of carboxylic acids is 2. The number of hydrogen-bond acceptors (Lipinski definition) is 7. The minimum atomic E-state index is -1.13. The lowest BCUT2D eigenvalue weighted by atomic mass is 9.92. The molecule has 2 atom stereocenters. The molecule has 9 aromatic rings. The summed E-state index contributed by atoms with van der Waals surface area (Å²) in [5, 5.41) is 39.5. The Labute approximate surface area is 404 Å². The molecule has 10 rings (SSSR count). The Morgan fingerprint density at radius 1 is 0.786 bits per heavy atom. The zero-order valence-corrected chi connectivity index (χ0v) is 39.3. The molecule has 0 unspecified atom stereocenters. The molecule has 354 valence electrons. The van der Waals surface area contributed by atoms with Crippen molar-refractivity contribution in [2.24, 2.45) is 7.05 Å². The fraction of sp³-hybridized carbons (Fsp3) is 0.224. The molecule has 4 N–H and O–H groups in total. The highest BCUT2D eigenvalue weighted by molar-refractivity contribution is 6.00. The first-order chi connectivity index (χ1) is 33.9. The number of halogens is 1. The quantitative estimate of drug-likeness (QED) is 0.0783. The number of aromatic carboxylic acids is 1. The van der Waals surface area contributed by atoms with Crippen LogP contribution < -0.4 is 0 Å². The van der Waals surface area contributed by atoms with Crippen LogP contribution in [0.25, 0.3) is 72.7 Å². The van der Waals surface area contributed by atoms with E-state index in [0.29, 0.717) is 18.0 Å². The highest BCUT2D eigenvalue weighted by atomic mass is 19.1. The van der Waals surface area contributed by atoms with Crippen molar-refractivity contribution < 1.29 is 34.4 Å². The number of hydrogen-bond donors (Lipinski definition) is 4. The van der Waals surface area contributed by atoms with Gasteiger partial charge in [-0.25, -0.2) is 19.2 Å². The maximum absolute atomic E-state index is 13.6. The predicted molar refractivity (Wildman–Crippen MR) is 273 cm³/mol. The molecule has 0 spiro atoms. The van der Waals surface area contributed by atoms with Crippen LogP contribution in [0.2, 0.25) is 0 Å². The number of nitrogens with zero attached hydrogens (tertiary/aromatic N) is 5. The van der Waals surface area contributed by atoms with Crippen LogP contribution in [-0.2, 0) is 24.8 Å². The molecule has 6 aromatic carbocycles. The first-order valence-corrected chi connectivity index (χ1v) is 23.6. The lowest BCUT2D eigenvalue weighted by molar-refractivity contribution is -0.139. The SMILES string of the molecule is CCCc1nc2c(C)cc(-c3nc4ccccc4n3C)cc2n1Cc1ccc(-c2ccccc2C(=O)O)cc1.O=C(O)C[C@H](O)C[C@H](O)/C=C/c1c(C2CC2)nc2ccccc2c1-c1ccc(F)cc1. The third-order valence-corrected chi connectivity index (χ3v) is 12.9. The van der Waals surface area contributed by atoms with Gasteiger partial charge in [-0.1, -0.05) is 104 Å². The van der Waals surface area contributed by atoms with Crippen molar-refractivity contribution >= 4 is 51.0 Å². The maximum Gasteiger partial charge on any atom is 0.336 e. The van der Waals surface area contributed by atoms with Crippen molar-refractivity contribution in [2.45, 2.75) is 77.0 Å². The van der Waals surface area contributed by atoms with Crippen LogP contribution in [0.1, 0.15) is 83.5 Å². The van der Waals surface area contributed by atoms with E-state index in [1.54, 1.807) is 36.4 Å². The van der Waals surface area contributed by atoms with Crippen LogP contribution in [0.4, 0.5) is 4.39 Å². The molecule has 3 heterocycles. The Morgan fingerprint density at radius 3 is 2.17 bits per heavy atom. The molecule has 70 heavy (non-hydrogen) atoms. The van der Waals surface area contributed by atoms with E-state index < -0.39 is 30.6 Å². The van der Waals surface area contributed by atoms with Gasteiger partial charge in [0.05, 0.1) is 57.5 Å². The molecule has 1 aliphatic rings. The second-order valence-electron chi connectivity index (χ2n) is 18.1. The number of aliphatic hydroxyl groups is 2. The maximum atomic E-state index is 13.6. The lowest BCUT2D eigenvalue weighted by Gasteiger charge is -2.16. The first-order valence-electron chi connectivity index (χ1n) is 23.6. The Hall–Kier alpha value is -7.80. The smallest absolute Gasteiger partial charge is 0.336 e. The highest BCUT2D eigenvalue weighted by Crippen LogP contribution is 2.45. The van der Waals surface area contributed by atoms with E-state index in [0.717, 1.165) is 121 Å². The van der Waals surface area contributed by atoms with Gasteiger partial charge >= 0.3 is 11.9 Å². The summed E-state index contributed by atoms with van der Waals surface area (Å²) < 4.78 is 18.0. The molecule has 0 saturated heterocycles. The molecule has 1 fully saturated rings. The molecule has 0 bridgehead atoms. The number of pyridine rings is 1. The van der Waals surface area contributed by atoms with Crippen LogP contribution in [0.15, 0.2) is 140 Å². The number of aryl methyl sites for hydroxylation is 3. The van der Waals surface area contributed by atoms with Gasteiger partial charge in [0.15, 0.2) is 0 Å². The van der Waals surface area contributed by atoms with E-state index in [4.69, 9.17) is 20.1 Å². The lowest BCUT2D eigenvalue weighted by Crippen LogP contribution is -2.19. The summed E-state index contributed by atoms with van der Waals surface area (Å²) in [6.07, 6.45) is 4.69. The van der Waals surface area contributed by atoms with Gasteiger partial charge in [0, 0.05) is 54.4 Å². The van der Waals surface area contributed by atoms with Crippen LogP contribution >= 0.6 is 0 Å². The second kappa shape index (κ2) is 20.4. The number of aliphatic hydroxyl groups excluding tert-OH is 2. The standard InChI is InChI=1S/C33H30N4O2.C25H24FNO4/c1-4-9-30-35-31-21(2)18-24(32-34-27-12-7-8-13-28(27)36(32)3)19-29(31)37(30)20-22-14-16-23(17-15-22)25-10-5-6-11-26(25)33(38)39;26-17-9-7-15(8-10-17)24-20-3-1-2-4-22(20)27-25(16-5-6-16)21(24)12-11-18(28)13-19(29)14-23(30)31/h5-8,10-19H,4,9,20H2,1-3H3,(H,38,39);1-4,7-12,16,18-19,28-29H,5-6,13-14H2,(H,30,31)/b;12-11+/t;18-,19-/m.1/s1. The van der Waals surface area contributed by atoms with E-state index in [9.17, 15) is 29.3 Å². The molecule has 1 aliphatic carbocycles. The van der Waals surface area contributed by atoms with E-state index in [2.05, 4.69) is 60.4 Å². The number of aliphatic carboxylic acids is 1. The largest absolute Gasteiger partial charge is 0.481 e. The number of benzene rings is 6. The Kier molecular flexibility index (Phi) is 13.8. The van der Waals surface area contributed by atoms with Crippen molar-refractivity contribution in [1.29, 1.82) is 0 Å². The second-order valence-corrected chi connectivity index (χ2v) is 18.1. The van der Waals surface area contributed by atoms with Gasteiger partial charge < -0.3 is 29.6 Å². The topological polar surface area (TPSA) is 164 Å². The number of imidazole rings is 2. The van der Waals surface area contributed by atoms with Crippen molar-refractivity contribution in [1.82, 2.24) is 24.1 Å². The minimum absolute atomic E-state index is 0.0749. The summed E-state index contributed by atoms with van der Waals surface area (Å²) in [7, 11) is 2.06. The summed E-state index contributed by atoms with van der Waals surface area (Å²) in [5.74, 6) is -0.0132. The van der Waals surface area contributed by atoms with Crippen molar-refractivity contribution in [3.05, 3.63) is 179 Å². The van der Waals surface area contributed by atoms with Crippen LogP contribution in [0.5, 0.6) is 0 Å². The Morgan fingerprint density at radius 2 is 1.47 bits per heavy atom. The van der Waals surface area contributed by atoms with E-state index in [-0.39, 0.29) is 12.2 Å². The monoisotopic (exact) mass is 935 g/mol. The number of aromatic nitrogens is 5. The van der Waals surface area contributed by atoms with Gasteiger partial charge in [0.1, 0.15) is 17.5 Å². The minimum Gasteiger partial charge on any atom is -0.481 e. The number of rotatable bonds is 15. The van der Waals surface area contributed by atoms with E-state index in [1.165, 1.54) is 12.1 Å². The van der Waals surface area contributed by atoms with Gasteiger partial charge in [-0.05, 0) is 103 Å². The fourth-order valence-electron chi connectivity index (χ4n) is 9.32.